The number of aliphatic hydroxyl groups excluding tert-OH is 1. The van der Waals surface area contributed by atoms with Gasteiger partial charge in [0, 0.05) is 10.9 Å². The van der Waals surface area contributed by atoms with Crippen molar-refractivity contribution < 1.29 is 9.84 Å². The predicted octanol–water partition coefficient (Wildman–Crippen LogP) is 2.39. The maximum absolute atomic E-state index is 10.1. The Morgan fingerprint density at radius 2 is 2.00 bits per heavy atom. The molecule has 4 heteroatoms. The van der Waals surface area contributed by atoms with Gasteiger partial charge in [-0.15, -0.1) is 0 Å². The number of pyridine rings is 1. The van der Waals surface area contributed by atoms with Crippen molar-refractivity contribution in [3.8, 4) is 5.88 Å². The minimum Gasteiger partial charge on any atom is -0.481 e. The summed E-state index contributed by atoms with van der Waals surface area (Å²) in [4.78, 5) is 4.57. The molecule has 1 N–H and O–H groups in total. The zero-order chi connectivity index (χ0) is 13.2. The Bertz CT molecular complexity index is 399. The summed E-state index contributed by atoms with van der Waals surface area (Å²) >= 11 is 0. The number of aliphatic hydroxyl groups is 1. The van der Waals surface area contributed by atoms with E-state index in [2.05, 4.69) is 30.7 Å². The van der Waals surface area contributed by atoms with Crippen LogP contribution >= 0.6 is 0 Å². The molecule has 1 aromatic heterocycles. The molecule has 3 nitrogen and oxygen atoms in total. The average molecular weight is 253 g/mol. The molecule has 0 amide bonds. The number of ether oxygens (including phenoxy) is 1. The first-order valence-electron chi connectivity index (χ1n) is 6.05. The van der Waals surface area contributed by atoms with Crippen LogP contribution in [0.1, 0.15) is 30.6 Å². The number of hydrogen-bond acceptors (Lipinski definition) is 3. The summed E-state index contributed by atoms with van der Waals surface area (Å²) in [7, 11) is 0.134. The lowest BCUT2D eigenvalue weighted by molar-refractivity contribution is 0.172. The van der Waals surface area contributed by atoms with Crippen LogP contribution in [0.2, 0.25) is 19.6 Å². The monoisotopic (exact) mass is 253 g/mol. The fourth-order valence-electron chi connectivity index (χ4n) is 1.75. The highest BCUT2D eigenvalue weighted by Crippen LogP contribution is 2.25. The quantitative estimate of drug-likeness (QED) is 0.838. The van der Waals surface area contributed by atoms with Gasteiger partial charge in [0.25, 0.3) is 0 Å². The third-order valence-electron chi connectivity index (χ3n) is 2.98. The molecule has 0 aliphatic carbocycles. The van der Waals surface area contributed by atoms with Gasteiger partial charge in [0.2, 0.25) is 5.88 Å². The van der Waals surface area contributed by atoms with Crippen molar-refractivity contribution in [3.63, 3.8) is 0 Å². The third-order valence-corrected chi connectivity index (χ3v) is 4.77. The summed E-state index contributed by atoms with van der Waals surface area (Å²) in [5.41, 5.74) is 1.90. The molecule has 0 saturated heterocycles. The van der Waals surface area contributed by atoms with Gasteiger partial charge in [-0.1, -0.05) is 26.6 Å². The molecule has 0 aliphatic rings. The summed E-state index contributed by atoms with van der Waals surface area (Å²) in [5.74, 6) is 0.646. The van der Waals surface area contributed by atoms with Gasteiger partial charge in [-0.3, -0.25) is 0 Å². The van der Waals surface area contributed by atoms with Crippen LogP contribution in [-0.2, 0) is 0 Å². The lowest BCUT2D eigenvalue weighted by Crippen LogP contribution is -2.40. The second-order valence-electron chi connectivity index (χ2n) is 5.41. The van der Waals surface area contributed by atoms with E-state index in [0.29, 0.717) is 12.3 Å². The Kier molecular flexibility index (Phi) is 4.33. The van der Waals surface area contributed by atoms with Crippen molar-refractivity contribution in [2.45, 2.75) is 46.0 Å². The number of aromatic nitrogens is 1. The zero-order valence-electron chi connectivity index (χ0n) is 11.7. The van der Waals surface area contributed by atoms with Crippen LogP contribution in [0.25, 0.3) is 0 Å². The molecular weight excluding hydrogens is 230 g/mol. The molecule has 0 aliphatic heterocycles. The SMILES string of the molecule is CC[C@@H](O)c1cc([Si](C)(C)C)nc(OC)c1C. The summed E-state index contributed by atoms with van der Waals surface area (Å²) in [6, 6.07) is 2.05. The molecule has 1 aromatic rings. The number of hydrogen-bond donors (Lipinski definition) is 1. The van der Waals surface area contributed by atoms with Crippen LogP contribution in [0.4, 0.5) is 0 Å². The second-order valence-corrected chi connectivity index (χ2v) is 10.4. The Hall–Kier alpha value is -0.873. The summed E-state index contributed by atoms with van der Waals surface area (Å²) in [6.45, 7) is 10.7. The first kappa shape index (κ1) is 14.2. The van der Waals surface area contributed by atoms with Crippen LogP contribution in [0.5, 0.6) is 5.88 Å². The second kappa shape index (κ2) is 5.19. The lowest BCUT2D eigenvalue weighted by atomic mass is 10.0. The molecule has 1 atom stereocenters. The first-order valence-corrected chi connectivity index (χ1v) is 9.55. The minimum absolute atomic E-state index is 0.429. The molecule has 1 rings (SSSR count). The van der Waals surface area contributed by atoms with E-state index in [1.807, 2.05) is 13.8 Å². The standard InChI is InChI=1S/C13H23NO2Si/c1-7-11(15)10-8-12(17(4,5)6)14-13(16-3)9(10)2/h8,11,15H,7H2,1-6H3/t11-/m1/s1. The molecule has 0 fully saturated rings. The van der Waals surface area contributed by atoms with Crippen LogP contribution in [-0.4, -0.2) is 25.3 Å². The maximum Gasteiger partial charge on any atom is 0.216 e. The Balaban J connectivity index is 3.39. The van der Waals surface area contributed by atoms with Crippen molar-refractivity contribution >= 4 is 13.4 Å². The van der Waals surface area contributed by atoms with Crippen molar-refractivity contribution in [3.05, 3.63) is 17.2 Å². The van der Waals surface area contributed by atoms with Crippen LogP contribution < -0.4 is 10.1 Å². The normalized spacial score (nSPS) is 13.6. The summed E-state index contributed by atoms with van der Waals surface area (Å²) in [5, 5.41) is 11.1. The fourth-order valence-corrected chi connectivity index (χ4v) is 2.78. The summed E-state index contributed by atoms with van der Waals surface area (Å²) < 4.78 is 5.32. The Labute approximate surface area is 105 Å². The maximum atomic E-state index is 10.1. The van der Waals surface area contributed by atoms with E-state index in [9.17, 15) is 5.11 Å². The Morgan fingerprint density at radius 3 is 2.41 bits per heavy atom. The van der Waals surface area contributed by atoms with E-state index in [-0.39, 0.29) is 0 Å². The molecule has 0 radical (unpaired) electrons. The van der Waals surface area contributed by atoms with Gasteiger partial charge < -0.3 is 9.84 Å². The predicted molar refractivity (Wildman–Crippen MR) is 73.8 cm³/mol. The van der Waals surface area contributed by atoms with Gasteiger partial charge in [-0.25, -0.2) is 4.98 Å². The van der Waals surface area contributed by atoms with Crippen molar-refractivity contribution in [2.24, 2.45) is 0 Å². The van der Waals surface area contributed by atoms with Gasteiger partial charge in [0.15, 0.2) is 0 Å². The molecule has 96 valence electrons. The highest BCUT2D eigenvalue weighted by molar-refractivity contribution is 6.88. The van der Waals surface area contributed by atoms with Crippen LogP contribution in [0.15, 0.2) is 6.07 Å². The zero-order valence-corrected chi connectivity index (χ0v) is 12.7. The highest BCUT2D eigenvalue weighted by atomic mass is 28.3. The highest BCUT2D eigenvalue weighted by Gasteiger charge is 2.23. The average Bonchev–Trinajstić information content (AvgIpc) is 2.26. The topological polar surface area (TPSA) is 42.4 Å². The smallest absolute Gasteiger partial charge is 0.216 e. The largest absolute Gasteiger partial charge is 0.481 e. The van der Waals surface area contributed by atoms with Crippen molar-refractivity contribution in [1.82, 2.24) is 4.98 Å². The third kappa shape index (κ3) is 3.07. The van der Waals surface area contributed by atoms with Gasteiger partial charge in [0.05, 0.1) is 13.2 Å². The molecule has 0 spiro atoms. The van der Waals surface area contributed by atoms with Crippen molar-refractivity contribution in [1.29, 1.82) is 0 Å². The van der Waals surface area contributed by atoms with Crippen LogP contribution in [0.3, 0.4) is 0 Å². The number of nitrogens with zero attached hydrogens (tertiary/aromatic N) is 1. The van der Waals surface area contributed by atoms with Gasteiger partial charge in [-0.2, -0.15) is 0 Å². The summed E-state index contributed by atoms with van der Waals surface area (Å²) in [6.07, 6.45) is 0.279. The molecule has 17 heavy (non-hydrogen) atoms. The fraction of sp³-hybridized carbons (Fsp3) is 0.615. The lowest BCUT2D eigenvalue weighted by Gasteiger charge is -2.21. The molecule has 0 bridgehead atoms. The van der Waals surface area contributed by atoms with E-state index < -0.39 is 14.2 Å². The molecular formula is C13H23NO2Si. The van der Waals surface area contributed by atoms with E-state index in [1.54, 1.807) is 7.11 Å². The van der Waals surface area contributed by atoms with Crippen LogP contribution in [0, 0.1) is 6.92 Å². The first-order chi connectivity index (χ1) is 7.81. The number of methoxy groups -OCH3 is 1. The van der Waals surface area contributed by atoms with E-state index in [0.717, 1.165) is 16.4 Å². The van der Waals surface area contributed by atoms with E-state index >= 15 is 0 Å². The van der Waals surface area contributed by atoms with Gasteiger partial charge in [0.1, 0.15) is 8.07 Å². The minimum atomic E-state index is -1.50. The molecule has 0 aromatic carbocycles. The van der Waals surface area contributed by atoms with Gasteiger partial charge in [-0.05, 0) is 25.0 Å². The van der Waals surface area contributed by atoms with Gasteiger partial charge >= 0.3 is 0 Å². The molecule has 0 unspecified atom stereocenters. The Morgan fingerprint density at radius 1 is 1.41 bits per heavy atom. The molecule has 0 saturated carbocycles. The number of rotatable bonds is 4. The molecule has 1 heterocycles. The van der Waals surface area contributed by atoms with E-state index in [1.165, 1.54) is 0 Å². The van der Waals surface area contributed by atoms with Crippen molar-refractivity contribution in [2.75, 3.05) is 7.11 Å². The van der Waals surface area contributed by atoms with E-state index in [4.69, 9.17) is 4.74 Å².